The van der Waals surface area contributed by atoms with Crippen LogP contribution >= 0.6 is 23.2 Å². The normalized spacial score (nSPS) is 12.0. The predicted molar refractivity (Wildman–Crippen MR) is 115 cm³/mol. The molecule has 8 heteroatoms. The molecule has 6 nitrogen and oxygen atoms in total. The number of hydrogen-bond acceptors (Lipinski definition) is 4. The first kappa shape index (κ1) is 20.2. The lowest BCUT2D eigenvalue weighted by Crippen LogP contribution is -2.30. The third-order valence-corrected chi connectivity index (χ3v) is 5.06. The van der Waals surface area contributed by atoms with Crippen molar-refractivity contribution in [2.45, 2.75) is 6.04 Å². The number of rotatable bonds is 6. The molecule has 0 aliphatic heterocycles. The molecule has 3 N–H and O–H groups in total. The maximum Gasteiger partial charge on any atom is 0.268 e. The van der Waals surface area contributed by atoms with E-state index < -0.39 is 6.04 Å². The number of aromatic nitrogens is 2. The van der Waals surface area contributed by atoms with Crippen LogP contribution in [0.2, 0.25) is 10.0 Å². The van der Waals surface area contributed by atoms with Crippen molar-refractivity contribution in [3.05, 3.63) is 88.3 Å². The lowest BCUT2D eigenvalue weighted by atomic mass is 10.0. The van der Waals surface area contributed by atoms with Crippen LogP contribution in [0.1, 0.15) is 22.1 Å². The highest BCUT2D eigenvalue weighted by atomic mass is 35.5. The summed E-state index contributed by atoms with van der Waals surface area (Å²) in [5.74, 6) is 0.126. The molecule has 1 amide bonds. The molecule has 0 radical (unpaired) electrons. The molecule has 0 fully saturated rings. The third-order valence-electron chi connectivity index (χ3n) is 4.62. The number of benzene rings is 2. The van der Waals surface area contributed by atoms with Crippen molar-refractivity contribution in [1.82, 2.24) is 15.5 Å². The van der Waals surface area contributed by atoms with Gasteiger partial charge in [-0.05, 0) is 35.4 Å². The fourth-order valence-electron chi connectivity index (χ4n) is 3.17. The van der Waals surface area contributed by atoms with E-state index in [0.717, 1.165) is 11.1 Å². The molecule has 2 heterocycles. The molecule has 4 rings (SSSR count). The molecule has 0 spiro atoms. The predicted octanol–water partition coefficient (Wildman–Crippen LogP) is 5.11. The van der Waals surface area contributed by atoms with E-state index in [-0.39, 0.29) is 12.5 Å². The van der Waals surface area contributed by atoms with E-state index in [1.807, 2.05) is 30.3 Å². The number of hydrogen-bond donors (Lipinski definition) is 3. The number of aliphatic hydroxyl groups excluding tert-OH is 1. The van der Waals surface area contributed by atoms with Gasteiger partial charge < -0.3 is 19.9 Å². The van der Waals surface area contributed by atoms with Gasteiger partial charge in [0.2, 0.25) is 0 Å². The summed E-state index contributed by atoms with van der Waals surface area (Å²) in [6.45, 7) is -0.217. The fourth-order valence-corrected chi connectivity index (χ4v) is 3.70. The Labute approximate surface area is 182 Å². The van der Waals surface area contributed by atoms with E-state index in [0.29, 0.717) is 32.6 Å². The van der Waals surface area contributed by atoms with E-state index in [1.54, 1.807) is 36.7 Å². The second-order valence-electron chi connectivity index (χ2n) is 6.65. The molecule has 2 aromatic heterocycles. The van der Waals surface area contributed by atoms with Crippen LogP contribution in [-0.2, 0) is 0 Å². The maximum absolute atomic E-state index is 12.7. The molecule has 4 aromatic rings. The Morgan fingerprint density at radius 2 is 1.83 bits per heavy atom. The van der Waals surface area contributed by atoms with Crippen LogP contribution in [0.15, 0.2) is 71.5 Å². The highest BCUT2D eigenvalue weighted by Crippen LogP contribution is 2.35. The molecule has 1 atom stereocenters. The highest BCUT2D eigenvalue weighted by molar-refractivity contribution is 6.35. The Hall–Kier alpha value is -3.06. The second kappa shape index (κ2) is 8.75. The van der Waals surface area contributed by atoms with Crippen LogP contribution in [0.25, 0.3) is 22.5 Å². The number of nitrogens with zero attached hydrogens (tertiary/aromatic N) is 1. The quantitative estimate of drug-likeness (QED) is 0.387. The topological polar surface area (TPSA) is 91.2 Å². The number of carbonyl (C=O) groups excluding carboxylic acids is 1. The summed E-state index contributed by atoms with van der Waals surface area (Å²) in [7, 11) is 0. The highest BCUT2D eigenvalue weighted by Gasteiger charge is 2.19. The van der Waals surface area contributed by atoms with Crippen molar-refractivity contribution in [3.63, 3.8) is 0 Å². The number of aromatic amines is 1. The zero-order valence-corrected chi connectivity index (χ0v) is 17.1. The van der Waals surface area contributed by atoms with Crippen molar-refractivity contribution < 1.29 is 14.4 Å². The lowest BCUT2D eigenvalue weighted by molar-refractivity contribution is 0.0912. The smallest absolute Gasteiger partial charge is 0.268 e. The minimum absolute atomic E-state index is 0.217. The Kier molecular flexibility index (Phi) is 5.90. The Bertz CT molecular complexity index is 1150. The molecular weight excluding hydrogens is 425 g/mol. The van der Waals surface area contributed by atoms with Crippen molar-refractivity contribution in [2.24, 2.45) is 0 Å². The van der Waals surface area contributed by atoms with Gasteiger partial charge in [0.25, 0.3) is 5.91 Å². The summed E-state index contributed by atoms with van der Waals surface area (Å²) in [4.78, 5) is 15.6. The number of H-pyrrole nitrogens is 1. The molecule has 1 unspecified atom stereocenters. The van der Waals surface area contributed by atoms with Crippen molar-refractivity contribution >= 4 is 29.1 Å². The molecule has 0 aliphatic rings. The molecule has 0 aliphatic carbocycles. The molecule has 2 aromatic carbocycles. The second-order valence-corrected chi connectivity index (χ2v) is 7.52. The number of amides is 1. The van der Waals surface area contributed by atoms with Crippen LogP contribution < -0.4 is 5.32 Å². The van der Waals surface area contributed by atoms with Crippen molar-refractivity contribution in [3.8, 4) is 22.5 Å². The van der Waals surface area contributed by atoms with E-state index in [9.17, 15) is 9.90 Å². The number of aliphatic hydroxyl groups is 1. The van der Waals surface area contributed by atoms with Gasteiger partial charge in [0.1, 0.15) is 5.69 Å². The number of carbonyl (C=O) groups is 1. The Morgan fingerprint density at radius 1 is 1.10 bits per heavy atom. The average molecular weight is 442 g/mol. The van der Waals surface area contributed by atoms with Gasteiger partial charge in [0.05, 0.1) is 18.8 Å². The minimum Gasteiger partial charge on any atom is -0.394 e. The molecule has 0 bridgehead atoms. The molecular formula is C22H17Cl2N3O3. The Balaban J connectivity index is 1.58. The summed E-state index contributed by atoms with van der Waals surface area (Å²) in [6.07, 6.45) is 3.23. The third kappa shape index (κ3) is 4.26. The van der Waals surface area contributed by atoms with Gasteiger partial charge in [0, 0.05) is 27.4 Å². The number of nitrogens with one attached hydrogen (secondary N) is 2. The average Bonchev–Trinajstić information content (AvgIpc) is 3.41. The Morgan fingerprint density at radius 3 is 2.53 bits per heavy atom. The van der Waals surface area contributed by atoms with Gasteiger partial charge in [0.15, 0.2) is 5.76 Å². The van der Waals surface area contributed by atoms with Crippen molar-refractivity contribution in [1.29, 1.82) is 0 Å². The lowest BCUT2D eigenvalue weighted by Gasteiger charge is -2.16. The molecule has 152 valence electrons. The fraction of sp³-hybridized carbons (Fsp3) is 0.0909. The van der Waals surface area contributed by atoms with Gasteiger partial charge in [-0.3, -0.25) is 4.79 Å². The monoisotopic (exact) mass is 441 g/mol. The summed E-state index contributed by atoms with van der Waals surface area (Å²) in [5.41, 5.74) is 3.23. The zero-order chi connectivity index (χ0) is 21.1. The summed E-state index contributed by atoms with van der Waals surface area (Å²) < 4.78 is 5.42. The van der Waals surface area contributed by atoms with Gasteiger partial charge >= 0.3 is 0 Å². The molecule has 0 saturated carbocycles. The SMILES string of the molecule is O=C(NC(CO)c1ccccc1)c1cc(-c2oncc2-c2cc(Cl)cc(Cl)c2)c[nH]1. The van der Waals surface area contributed by atoms with Crippen LogP contribution in [0, 0.1) is 0 Å². The largest absolute Gasteiger partial charge is 0.394 e. The van der Waals surface area contributed by atoms with Crippen molar-refractivity contribution in [2.75, 3.05) is 6.61 Å². The first-order valence-corrected chi connectivity index (χ1v) is 9.87. The standard InChI is InChI=1S/C22H17Cl2N3O3/c23-16-6-14(7-17(24)9-16)18-11-26-30-21(18)15-8-19(25-10-15)22(29)27-20(12-28)13-4-2-1-3-5-13/h1-11,20,25,28H,12H2,(H,27,29). The maximum atomic E-state index is 12.7. The van der Waals surface area contributed by atoms with E-state index in [1.165, 1.54) is 0 Å². The molecule has 0 saturated heterocycles. The van der Waals surface area contributed by atoms with Gasteiger partial charge in [-0.25, -0.2) is 0 Å². The first-order chi connectivity index (χ1) is 14.5. The van der Waals surface area contributed by atoms with Crippen LogP contribution in [0.5, 0.6) is 0 Å². The van der Waals surface area contributed by atoms with Gasteiger partial charge in [-0.15, -0.1) is 0 Å². The van der Waals surface area contributed by atoms with Gasteiger partial charge in [-0.2, -0.15) is 0 Å². The van der Waals surface area contributed by atoms with E-state index in [4.69, 9.17) is 27.7 Å². The summed E-state index contributed by atoms with van der Waals surface area (Å²) in [5, 5.41) is 17.4. The van der Waals surface area contributed by atoms with Crippen LogP contribution in [0.3, 0.4) is 0 Å². The molecule has 30 heavy (non-hydrogen) atoms. The zero-order valence-electron chi connectivity index (χ0n) is 15.6. The summed E-state index contributed by atoms with van der Waals surface area (Å²) in [6, 6.07) is 15.6. The summed E-state index contributed by atoms with van der Waals surface area (Å²) >= 11 is 12.2. The van der Waals surface area contributed by atoms with Crippen LogP contribution in [0.4, 0.5) is 0 Å². The number of halogens is 2. The first-order valence-electron chi connectivity index (χ1n) is 9.11. The van der Waals surface area contributed by atoms with Crippen LogP contribution in [-0.4, -0.2) is 27.8 Å². The van der Waals surface area contributed by atoms with Gasteiger partial charge in [-0.1, -0.05) is 58.7 Å². The van der Waals surface area contributed by atoms with E-state index >= 15 is 0 Å². The minimum atomic E-state index is -0.514. The van der Waals surface area contributed by atoms with E-state index in [2.05, 4.69) is 15.5 Å².